The summed E-state index contributed by atoms with van der Waals surface area (Å²) in [5.41, 5.74) is 1.89. The number of esters is 1. The van der Waals surface area contributed by atoms with Gasteiger partial charge in [0.25, 0.3) is 0 Å². The van der Waals surface area contributed by atoms with Crippen molar-refractivity contribution in [2.75, 3.05) is 0 Å². The maximum absolute atomic E-state index is 12.8. The van der Waals surface area contributed by atoms with E-state index in [1.54, 1.807) is 30.3 Å². The van der Waals surface area contributed by atoms with Crippen LogP contribution in [-0.2, 0) is 4.79 Å². The first-order valence-corrected chi connectivity index (χ1v) is 9.16. The highest BCUT2D eigenvalue weighted by Gasteiger charge is 2.14. The Labute approximate surface area is 172 Å². The minimum absolute atomic E-state index is 0.137. The van der Waals surface area contributed by atoms with E-state index in [1.807, 2.05) is 42.5 Å². The van der Waals surface area contributed by atoms with Gasteiger partial charge in [-0.3, -0.25) is 4.79 Å². The van der Waals surface area contributed by atoms with Gasteiger partial charge < -0.3 is 9.15 Å². The maximum atomic E-state index is 12.8. The molecule has 0 aliphatic heterocycles. The Hall–Kier alpha value is -4.43. The largest absolute Gasteiger partial charge is 0.463 e. The molecule has 1 heterocycles. The predicted molar refractivity (Wildman–Crippen MR) is 114 cm³/mol. The molecule has 0 unspecified atom stereocenters. The molecule has 0 aliphatic carbocycles. The topological polar surface area (TPSA) is 80.3 Å². The van der Waals surface area contributed by atoms with Crippen LogP contribution in [0.3, 0.4) is 0 Å². The zero-order valence-electron chi connectivity index (χ0n) is 15.7. The Balaban J connectivity index is 1.63. The summed E-state index contributed by atoms with van der Waals surface area (Å²) < 4.78 is 10.9. The second kappa shape index (κ2) is 8.29. The molecule has 4 aromatic rings. The number of benzene rings is 3. The third-order valence-electron chi connectivity index (χ3n) is 4.49. The van der Waals surface area contributed by atoms with Gasteiger partial charge in [-0.05, 0) is 29.3 Å². The zero-order chi connectivity index (χ0) is 20.9. The van der Waals surface area contributed by atoms with E-state index in [9.17, 15) is 14.9 Å². The lowest BCUT2D eigenvalue weighted by Crippen LogP contribution is -2.10. The van der Waals surface area contributed by atoms with Crippen LogP contribution in [0.15, 0.2) is 99.9 Å². The van der Waals surface area contributed by atoms with Crippen LogP contribution < -0.4 is 10.2 Å². The summed E-state index contributed by atoms with van der Waals surface area (Å²) in [6, 6.07) is 24.6. The average molecular weight is 393 g/mol. The van der Waals surface area contributed by atoms with Crippen LogP contribution >= 0.6 is 0 Å². The van der Waals surface area contributed by atoms with Crippen LogP contribution in [0.4, 0.5) is 0 Å². The molecule has 144 valence electrons. The third kappa shape index (κ3) is 3.89. The van der Waals surface area contributed by atoms with Crippen molar-refractivity contribution in [1.82, 2.24) is 0 Å². The Morgan fingerprint density at radius 2 is 1.67 bits per heavy atom. The number of carbonyl (C=O) groups is 1. The second-order valence-corrected chi connectivity index (χ2v) is 6.47. The average Bonchev–Trinajstić information content (AvgIpc) is 2.79. The van der Waals surface area contributed by atoms with E-state index in [0.29, 0.717) is 16.5 Å². The molecule has 30 heavy (non-hydrogen) atoms. The molecule has 0 radical (unpaired) electrons. The maximum Gasteiger partial charge on any atom is 0.354 e. The van der Waals surface area contributed by atoms with Crippen LogP contribution in [0, 0.1) is 11.3 Å². The SMILES string of the molecule is N#CC(=Cc1ccccc1)C(=O)Oc1ccc2c(=O)c(-c3ccccc3)coc2c1. The summed E-state index contributed by atoms with van der Waals surface area (Å²) in [5, 5.41) is 9.68. The fourth-order valence-corrected chi connectivity index (χ4v) is 3.00. The molecule has 0 saturated carbocycles. The van der Waals surface area contributed by atoms with Crippen molar-refractivity contribution < 1.29 is 13.9 Å². The van der Waals surface area contributed by atoms with Crippen molar-refractivity contribution in [3.63, 3.8) is 0 Å². The van der Waals surface area contributed by atoms with Gasteiger partial charge in [0.05, 0.1) is 10.9 Å². The summed E-state index contributed by atoms with van der Waals surface area (Å²) >= 11 is 0. The van der Waals surface area contributed by atoms with Gasteiger partial charge in [-0.2, -0.15) is 5.26 Å². The van der Waals surface area contributed by atoms with Gasteiger partial charge in [0.1, 0.15) is 29.2 Å². The highest BCUT2D eigenvalue weighted by molar-refractivity contribution is 5.99. The lowest BCUT2D eigenvalue weighted by Gasteiger charge is -2.06. The second-order valence-electron chi connectivity index (χ2n) is 6.47. The van der Waals surface area contributed by atoms with Gasteiger partial charge in [-0.25, -0.2) is 4.79 Å². The molecule has 0 aliphatic rings. The van der Waals surface area contributed by atoms with Crippen molar-refractivity contribution in [2.45, 2.75) is 0 Å². The number of nitriles is 1. The monoisotopic (exact) mass is 393 g/mol. The van der Waals surface area contributed by atoms with Crippen molar-refractivity contribution >= 4 is 23.0 Å². The number of nitrogens with zero attached hydrogens (tertiary/aromatic N) is 1. The minimum Gasteiger partial charge on any atom is -0.463 e. The molecule has 0 amide bonds. The molecule has 5 nitrogen and oxygen atoms in total. The molecule has 0 N–H and O–H groups in total. The van der Waals surface area contributed by atoms with Crippen molar-refractivity contribution in [1.29, 1.82) is 5.26 Å². The Bertz CT molecular complexity index is 1350. The van der Waals surface area contributed by atoms with E-state index in [2.05, 4.69) is 0 Å². The minimum atomic E-state index is -0.788. The summed E-state index contributed by atoms with van der Waals surface area (Å²) in [4.78, 5) is 25.2. The molecule has 0 atom stereocenters. The van der Waals surface area contributed by atoms with Gasteiger partial charge in [-0.1, -0.05) is 60.7 Å². The van der Waals surface area contributed by atoms with E-state index >= 15 is 0 Å². The molecular weight excluding hydrogens is 378 g/mol. The summed E-state index contributed by atoms with van der Waals surface area (Å²) in [7, 11) is 0. The first-order chi connectivity index (χ1) is 14.7. The first kappa shape index (κ1) is 18.9. The Kier molecular flexibility index (Phi) is 5.23. The number of hydrogen-bond donors (Lipinski definition) is 0. The summed E-state index contributed by atoms with van der Waals surface area (Å²) in [6.45, 7) is 0. The molecule has 5 heteroatoms. The highest BCUT2D eigenvalue weighted by atomic mass is 16.5. The van der Waals surface area contributed by atoms with E-state index in [0.717, 1.165) is 5.56 Å². The lowest BCUT2D eigenvalue weighted by atomic mass is 10.1. The zero-order valence-corrected chi connectivity index (χ0v) is 15.7. The van der Waals surface area contributed by atoms with Crippen molar-refractivity contribution in [2.24, 2.45) is 0 Å². The fraction of sp³-hybridized carbons (Fsp3) is 0. The summed E-state index contributed by atoms with van der Waals surface area (Å²) in [5.74, 6) is -0.610. The van der Waals surface area contributed by atoms with Crippen LogP contribution in [0.5, 0.6) is 5.75 Å². The quantitative estimate of drug-likeness (QED) is 0.212. The van der Waals surface area contributed by atoms with Crippen molar-refractivity contribution in [3.05, 3.63) is 106 Å². The molecule has 0 spiro atoms. The van der Waals surface area contributed by atoms with Crippen LogP contribution in [0.1, 0.15) is 5.56 Å². The number of rotatable bonds is 4. The van der Waals surface area contributed by atoms with Gasteiger partial charge >= 0.3 is 5.97 Å². The molecule has 0 bridgehead atoms. The number of ether oxygens (including phenoxy) is 1. The van der Waals surface area contributed by atoms with Gasteiger partial charge in [0, 0.05) is 6.07 Å². The first-order valence-electron chi connectivity index (χ1n) is 9.16. The van der Waals surface area contributed by atoms with Gasteiger partial charge in [0.2, 0.25) is 0 Å². The lowest BCUT2D eigenvalue weighted by molar-refractivity contribution is -0.129. The number of carbonyl (C=O) groups excluding carboxylic acids is 1. The van der Waals surface area contributed by atoms with Crippen LogP contribution in [0.25, 0.3) is 28.2 Å². The third-order valence-corrected chi connectivity index (χ3v) is 4.49. The van der Waals surface area contributed by atoms with E-state index in [4.69, 9.17) is 9.15 Å². The normalized spacial score (nSPS) is 11.1. The summed E-state index contributed by atoms with van der Waals surface area (Å²) in [6.07, 6.45) is 2.84. The number of hydrogen-bond acceptors (Lipinski definition) is 5. The molecule has 4 rings (SSSR count). The van der Waals surface area contributed by atoms with Crippen LogP contribution in [-0.4, -0.2) is 5.97 Å². The molecule has 0 fully saturated rings. The Morgan fingerprint density at radius 3 is 2.37 bits per heavy atom. The molecule has 1 aromatic heterocycles. The predicted octanol–water partition coefficient (Wildman–Crippen LogP) is 4.97. The van der Waals surface area contributed by atoms with Crippen molar-refractivity contribution in [3.8, 4) is 22.9 Å². The molecular formula is C25H15NO4. The molecule has 0 saturated heterocycles. The molecule has 3 aromatic carbocycles. The standard InChI is InChI=1S/C25H15NO4/c26-15-19(13-17-7-3-1-4-8-17)25(28)30-20-11-12-21-23(14-20)29-16-22(24(21)27)18-9-5-2-6-10-18/h1-14,16H. The highest BCUT2D eigenvalue weighted by Crippen LogP contribution is 2.23. The van der Waals surface area contributed by atoms with E-state index in [-0.39, 0.29) is 22.3 Å². The van der Waals surface area contributed by atoms with E-state index < -0.39 is 5.97 Å². The smallest absolute Gasteiger partial charge is 0.354 e. The van der Waals surface area contributed by atoms with Gasteiger partial charge in [0.15, 0.2) is 5.43 Å². The van der Waals surface area contributed by atoms with Crippen LogP contribution in [0.2, 0.25) is 0 Å². The van der Waals surface area contributed by atoms with Gasteiger partial charge in [-0.15, -0.1) is 0 Å². The number of fused-ring (bicyclic) bond motifs is 1. The Morgan fingerprint density at radius 1 is 0.967 bits per heavy atom. The van der Waals surface area contributed by atoms with E-state index in [1.165, 1.54) is 24.5 Å². The fourth-order valence-electron chi connectivity index (χ4n) is 3.00.